The topological polar surface area (TPSA) is 74.2 Å². The number of aromatic nitrogens is 1. The molecule has 3 N–H and O–H groups in total. The molecule has 18 heavy (non-hydrogen) atoms. The highest BCUT2D eigenvalue weighted by Crippen LogP contribution is 2.44. The molecule has 0 spiro atoms. The number of carbonyl (C=O) groups excluding carboxylic acids is 1. The number of hydrogen-bond donors (Lipinski definition) is 3. The highest BCUT2D eigenvalue weighted by Gasteiger charge is 2.42. The van der Waals surface area contributed by atoms with Gasteiger partial charge in [-0.15, -0.1) is 0 Å². The first-order valence-electron chi connectivity index (χ1n) is 6.20. The van der Waals surface area contributed by atoms with Crippen LogP contribution < -0.4 is 10.6 Å². The lowest BCUT2D eigenvalue weighted by Crippen LogP contribution is -2.40. The molecule has 0 aromatic carbocycles. The molecule has 1 aromatic rings. The largest absolute Gasteiger partial charge is 0.396 e. The van der Waals surface area contributed by atoms with Crippen LogP contribution in [0.3, 0.4) is 0 Å². The van der Waals surface area contributed by atoms with Gasteiger partial charge in [-0.2, -0.15) is 0 Å². The van der Waals surface area contributed by atoms with E-state index >= 15 is 0 Å². The summed E-state index contributed by atoms with van der Waals surface area (Å²) in [5.74, 6) is 0. The molecule has 1 atom stereocenters. The van der Waals surface area contributed by atoms with Gasteiger partial charge in [0.2, 0.25) is 0 Å². The summed E-state index contributed by atoms with van der Waals surface area (Å²) in [6, 6.07) is 3.50. The molecule has 1 aliphatic rings. The minimum absolute atomic E-state index is 0.0581. The zero-order valence-electron chi connectivity index (χ0n) is 10.5. The Morgan fingerprint density at radius 2 is 2.17 bits per heavy atom. The third-order valence-corrected chi connectivity index (χ3v) is 3.47. The summed E-state index contributed by atoms with van der Waals surface area (Å²) in [6.45, 7) is 2.61. The summed E-state index contributed by atoms with van der Waals surface area (Å²) in [4.78, 5) is 15.6. The minimum atomic E-state index is -0.195. The summed E-state index contributed by atoms with van der Waals surface area (Å²) in [6.07, 6.45) is 5.39. The van der Waals surface area contributed by atoms with Crippen LogP contribution in [0.25, 0.3) is 0 Å². The van der Waals surface area contributed by atoms with E-state index < -0.39 is 0 Å². The smallest absolute Gasteiger partial charge is 0.315 e. The molecule has 5 heteroatoms. The number of nitrogens with one attached hydrogen (secondary N) is 2. The van der Waals surface area contributed by atoms with Gasteiger partial charge in [0.05, 0.1) is 12.6 Å². The van der Waals surface area contributed by atoms with Gasteiger partial charge in [0, 0.05) is 24.4 Å². The zero-order valence-corrected chi connectivity index (χ0v) is 10.5. The third-order valence-electron chi connectivity index (χ3n) is 3.47. The van der Waals surface area contributed by atoms with E-state index in [0.717, 1.165) is 18.4 Å². The Hall–Kier alpha value is -1.62. The van der Waals surface area contributed by atoms with Crippen molar-refractivity contribution in [2.45, 2.75) is 25.8 Å². The molecule has 1 fully saturated rings. The fraction of sp³-hybridized carbons (Fsp3) is 0.538. The summed E-state index contributed by atoms with van der Waals surface area (Å²) in [5, 5.41) is 14.8. The molecule has 0 radical (unpaired) electrons. The van der Waals surface area contributed by atoms with Crippen LogP contribution in [0.4, 0.5) is 4.79 Å². The first kappa shape index (κ1) is 12.8. The van der Waals surface area contributed by atoms with Crippen molar-refractivity contribution < 1.29 is 9.90 Å². The SMILES string of the molecule is CC(NC(=O)NCC1(CO)CC1)c1ccncc1. The Labute approximate surface area is 107 Å². The number of aliphatic hydroxyl groups is 1. The lowest BCUT2D eigenvalue weighted by molar-refractivity contribution is 0.202. The van der Waals surface area contributed by atoms with Crippen LogP contribution in [0.5, 0.6) is 0 Å². The number of rotatable bonds is 5. The Kier molecular flexibility index (Phi) is 3.81. The Morgan fingerprint density at radius 1 is 1.50 bits per heavy atom. The number of urea groups is 1. The highest BCUT2D eigenvalue weighted by molar-refractivity contribution is 5.74. The lowest BCUT2D eigenvalue weighted by atomic mass is 10.1. The van der Waals surface area contributed by atoms with Crippen molar-refractivity contribution in [2.24, 2.45) is 5.41 Å². The first-order chi connectivity index (χ1) is 8.65. The van der Waals surface area contributed by atoms with Crippen LogP contribution >= 0.6 is 0 Å². The van der Waals surface area contributed by atoms with Crippen LogP contribution in [-0.2, 0) is 0 Å². The second-order valence-corrected chi connectivity index (χ2v) is 4.99. The Bertz CT molecular complexity index is 404. The van der Waals surface area contributed by atoms with Crippen LogP contribution in [0.15, 0.2) is 24.5 Å². The third kappa shape index (κ3) is 3.20. The van der Waals surface area contributed by atoms with E-state index in [1.54, 1.807) is 12.4 Å². The summed E-state index contributed by atoms with van der Waals surface area (Å²) in [5.41, 5.74) is 0.959. The highest BCUT2D eigenvalue weighted by atomic mass is 16.3. The average molecular weight is 249 g/mol. The molecule has 1 saturated carbocycles. The summed E-state index contributed by atoms with van der Waals surface area (Å²) in [7, 11) is 0. The van der Waals surface area contributed by atoms with Gasteiger partial charge in [-0.25, -0.2) is 4.79 Å². The predicted octanol–water partition coefficient (Wildman–Crippen LogP) is 1.21. The van der Waals surface area contributed by atoms with Gasteiger partial charge in [0.15, 0.2) is 0 Å². The molecule has 1 unspecified atom stereocenters. The second-order valence-electron chi connectivity index (χ2n) is 4.99. The van der Waals surface area contributed by atoms with Crippen LogP contribution in [-0.4, -0.2) is 29.3 Å². The van der Waals surface area contributed by atoms with Gasteiger partial charge in [-0.1, -0.05) is 0 Å². The number of amides is 2. The van der Waals surface area contributed by atoms with Crippen molar-refractivity contribution in [3.05, 3.63) is 30.1 Å². The standard InChI is InChI=1S/C13H19N3O2/c1-10(11-2-6-14-7-3-11)16-12(18)15-8-13(9-17)4-5-13/h2-3,6-7,10,17H,4-5,8-9H2,1H3,(H2,15,16,18). The maximum absolute atomic E-state index is 11.7. The van der Waals surface area contributed by atoms with Crippen LogP contribution in [0, 0.1) is 5.41 Å². The van der Waals surface area contributed by atoms with Crippen LogP contribution in [0.2, 0.25) is 0 Å². The number of carbonyl (C=O) groups is 1. The van der Waals surface area contributed by atoms with Crippen molar-refractivity contribution >= 4 is 6.03 Å². The molecule has 1 aliphatic carbocycles. The zero-order chi connectivity index (χ0) is 13.0. The van der Waals surface area contributed by atoms with Gasteiger partial charge in [-0.3, -0.25) is 4.98 Å². The maximum atomic E-state index is 11.7. The molecule has 1 aromatic heterocycles. The molecule has 1 heterocycles. The van der Waals surface area contributed by atoms with Crippen LogP contribution in [0.1, 0.15) is 31.4 Å². The van der Waals surface area contributed by atoms with E-state index in [2.05, 4.69) is 15.6 Å². The van der Waals surface area contributed by atoms with E-state index in [1.165, 1.54) is 0 Å². The molecule has 0 saturated heterocycles. The van der Waals surface area contributed by atoms with E-state index in [0.29, 0.717) is 6.54 Å². The number of hydrogen-bond acceptors (Lipinski definition) is 3. The predicted molar refractivity (Wildman–Crippen MR) is 67.9 cm³/mol. The van der Waals surface area contributed by atoms with E-state index in [4.69, 9.17) is 5.11 Å². The van der Waals surface area contributed by atoms with Crippen molar-refractivity contribution in [2.75, 3.05) is 13.2 Å². The van der Waals surface area contributed by atoms with Crippen molar-refractivity contribution in [1.29, 1.82) is 0 Å². The summed E-state index contributed by atoms with van der Waals surface area (Å²) >= 11 is 0. The van der Waals surface area contributed by atoms with Gasteiger partial charge >= 0.3 is 6.03 Å². The van der Waals surface area contributed by atoms with Crippen molar-refractivity contribution in [1.82, 2.24) is 15.6 Å². The molecule has 2 amide bonds. The molecule has 98 valence electrons. The number of aliphatic hydroxyl groups excluding tert-OH is 1. The van der Waals surface area contributed by atoms with Crippen molar-refractivity contribution in [3.63, 3.8) is 0 Å². The lowest BCUT2D eigenvalue weighted by Gasteiger charge is -2.17. The quantitative estimate of drug-likeness (QED) is 0.734. The first-order valence-corrected chi connectivity index (χ1v) is 6.20. The van der Waals surface area contributed by atoms with Gasteiger partial charge in [0.25, 0.3) is 0 Å². The fourth-order valence-corrected chi connectivity index (χ4v) is 1.82. The normalized spacial score (nSPS) is 17.9. The van der Waals surface area contributed by atoms with E-state index in [9.17, 15) is 4.79 Å². The van der Waals surface area contributed by atoms with E-state index in [1.807, 2.05) is 19.1 Å². The molecular weight excluding hydrogens is 230 g/mol. The fourth-order valence-electron chi connectivity index (χ4n) is 1.82. The summed E-state index contributed by atoms with van der Waals surface area (Å²) < 4.78 is 0. The molecular formula is C13H19N3O2. The van der Waals surface area contributed by atoms with Gasteiger partial charge in [-0.05, 0) is 37.5 Å². The maximum Gasteiger partial charge on any atom is 0.315 e. The monoisotopic (exact) mass is 249 g/mol. The molecule has 0 aliphatic heterocycles. The number of pyridine rings is 1. The average Bonchev–Trinajstić information content (AvgIpc) is 3.18. The molecule has 5 nitrogen and oxygen atoms in total. The second kappa shape index (κ2) is 5.35. The van der Waals surface area contributed by atoms with Gasteiger partial charge in [0.1, 0.15) is 0 Å². The van der Waals surface area contributed by atoms with E-state index in [-0.39, 0.29) is 24.1 Å². The Balaban J connectivity index is 1.77. The minimum Gasteiger partial charge on any atom is -0.396 e. The van der Waals surface area contributed by atoms with Gasteiger partial charge < -0.3 is 15.7 Å². The van der Waals surface area contributed by atoms with Crippen molar-refractivity contribution in [3.8, 4) is 0 Å². The molecule has 2 rings (SSSR count). The molecule has 0 bridgehead atoms. The number of nitrogens with zero attached hydrogens (tertiary/aromatic N) is 1. The Morgan fingerprint density at radius 3 is 2.72 bits per heavy atom.